The molecule has 0 aliphatic carbocycles. The van der Waals surface area contributed by atoms with Gasteiger partial charge in [0, 0.05) is 19.0 Å². The van der Waals surface area contributed by atoms with Gasteiger partial charge in [0.2, 0.25) is 0 Å². The number of hydrogen-bond acceptors (Lipinski definition) is 5. The Hall–Kier alpha value is -2.73. The molecule has 2 heterocycles. The average molecular weight is 420 g/mol. The summed E-state index contributed by atoms with van der Waals surface area (Å²) in [6.45, 7) is 9.75. The van der Waals surface area contributed by atoms with Crippen molar-refractivity contribution in [1.82, 2.24) is 25.1 Å². The first kappa shape index (κ1) is 21.5. The van der Waals surface area contributed by atoms with Crippen LogP contribution in [0.2, 0.25) is 0 Å². The Balaban J connectivity index is 1.45. The molecule has 1 aromatic heterocycles. The Bertz CT molecular complexity index is 970. The van der Waals surface area contributed by atoms with E-state index < -0.39 is 0 Å². The Morgan fingerprint density at radius 1 is 1.13 bits per heavy atom. The molecule has 0 bridgehead atoms. The zero-order valence-corrected chi connectivity index (χ0v) is 18.9. The van der Waals surface area contributed by atoms with E-state index in [4.69, 9.17) is 4.74 Å². The third-order valence-corrected chi connectivity index (χ3v) is 5.90. The minimum Gasteiger partial charge on any atom is -0.493 e. The Labute approximate surface area is 185 Å². The van der Waals surface area contributed by atoms with E-state index in [2.05, 4.69) is 65.5 Å². The summed E-state index contributed by atoms with van der Waals surface area (Å²) in [6.07, 6.45) is 6.26. The van der Waals surface area contributed by atoms with Crippen molar-refractivity contribution < 1.29 is 4.74 Å². The van der Waals surface area contributed by atoms with E-state index in [1.165, 1.54) is 36.9 Å². The SMILES string of the molecule is Cc1cc(OCCc2ccccc2-n2cnnn2)cc(C2CCCCN2CC(C)C)c1. The first-order chi connectivity index (χ1) is 15.1. The van der Waals surface area contributed by atoms with Crippen LogP contribution in [0.3, 0.4) is 0 Å². The maximum absolute atomic E-state index is 6.23. The van der Waals surface area contributed by atoms with Crippen molar-refractivity contribution >= 4 is 0 Å². The number of nitrogens with zero attached hydrogens (tertiary/aromatic N) is 5. The lowest BCUT2D eigenvalue weighted by molar-refractivity contribution is 0.132. The lowest BCUT2D eigenvalue weighted by atomic mass is 9.93. The number of piperidine rings is 1. The minimum absolute atomic E-state index is 0.499. The molecule has 2 aromatic carbocycles. The summed E-state index contributed by atoms with van der Waals surface area (Å²) in [5.74, 6) is 1.64. The number of likely N-dealkylation sites (tertiary alicyclic amines) is 1. The fourth-order valence-corrected chi connectivity index (χ4v) is 4.60. The Morgan fingerprint density at radius 2 is 2.00 bits per heavy atom. The minimum atomic E-state index is 0.499. The van der Waals surface area contributed by atoms with Gasteiger partial charge in [-0.3, -0.25) is 4.90 Å². The van der Waals surface area contributed by atoms with Gasteiger partial charge >= 0.3 is 0 Å². The third kappa shape index (κ3) is 5.50. The molecule has 0 radical (unpaired) electrons. The van der Waals surface area contributed by atoms with Crippen molar-refractivity contribution in [2.45, 2.75) is 52.5 Å². The summed E-state index contributed by atoms with van der Waals surface area (Å²) in [6, 6.07) is 15.4. The van der Waals surface area contributed by atoms with E-state index in [0.29, 0.717) is 18.6 Å². The van der Waals surface area contributed by atoms with Crippen LogP contribution in [-0.4, -0.2) is 44.8 Å². The van der Waals surface area contributed by atoms with Crippen molar-refractivity contribution in [3.8, 4) is 11.4 Å². The zero-order chi connectivity index (χ0) is 21.6. The number of tetrazole rings is 1. The second kappa shape index (κ2) is 10.1. The molecule has 0 amide bonds. The molecule has 1 aliphatic heterocycles. The van der Waals surface area contributed by atoms with E-state index in [-0.39, 0.29) is 0 Å². The van der Waals surface area contributed by atoms with E-state index in [1.807, 2.05) is 18.2 Å². The van der Waals surface area contributed by atoms with Crippen LogP contribution >= 0.6 is 0 Å². The van der Waals surface area contributed by atoms with Crippen molar-refractivity contribution in [3.63, 3.8) is 0 Å². The molecule has 1 unspecified atom stereocenters. The van der Waals surface area contributed by atoms with Crippen LogP contribution in [0.4, 0.5) is 0 Å². The molecule has 31 heavy (non-hydrogen) atoms. The van der Waals surface area contributed by atoms with Gasteiger partial charge < -0.3 is 4.74 Å². The molecule has 0 spiro atoms. The molecule has 164 valence electrons. The standard InChI is InChI=1S/C25H33N5O/c1-19(2)17-29-12-7-6-9-24(29)22-14-20(3)15-23(16-22)31-13-11-21-8-4-5-10-25(21)30-18-26-27-28-30/h4-5,8,10,14-16,18-19,24H,6-7,9,11-13,17H2,1-3H3. The van der Waals surface area contributed by atoms with Gasteiger partial charge in [-0.15, -0.1) is 5.10 Å². The molecule has 3 aromatic rings. The van der Waals surface area contributed by atoms with Gasteiger partial charge in [0.05, 0.1) is 12.3 Å². The van der Waals surface area contributed by atoms with Gasteiger partial charge in [-0.05, 0) is 77.5 Å². The molecule has 0 N–H and O–H groups in total. The van der Waals surface area contributed by atoms with E-state index in [1.54, 1.807) is 11.0 Å². The number of para-hydroxylation sites is 1. The van der Waals surface area contributed by atoms with Crippen LogP contribution < -0.4 is 4.74 Å². The van der Waals surface area contributed by atoms with E-state index >= 15 is 0 Å². The van der Waals surface area contributed by atoms with Crippen molar-refractivity contribution in [1.29, 1.82) is 0 Å². The highest BCUT2D eigenvalue weighted by Crippen LogP contribution is 2.34. The molecular formula is C25H33N5O. The van der Waals surface area contributed by atoms with Gasteiger partial charge in [0.25, 0.3) is 0 Å². The molecule has 1 saturated heterocycles. The van der Waals surface area contributed by atoms with Crippen molar-refractivity contribution in [2.75, 3.05) is 19.7 Å². The predicted octanol–water partition coefficient (Wildman–Crippen LogP) is 4.78. The van der Waals surface area contributed by atoms with Crippen LogP contribution in [-0.2, 0) is 6.42 Å². The largest absolute Gasteiger partial charge is 0.493 e. The molecule has 6 heteroatoms. The quantitative estimate of drug-likeness (QED) is 0.526. The third-order valence-electron chi connectivity index (χ3n) is 5.90. The maximum Gasteiger partial charge on any atom is 0.143 e. The first-order valence-corrected chi connectivity index (χ1v) is 11.4. The molecule has 1 aliphatic rings. The second-order valence-corrected chi connectivity index (χ2v) is 8.96. The van der Waals surface area contributed by atoms with Crippen LogP contribution in [0.5, 0.6) is 5.75 Å². The van der Waals surface area contributed by atoms with Crippen molar-refractivity contribution in [2.24, 2.45) is 5.92 Å². The van der Waals surface area contributed by atoms with Gasteiger partial charge in [0.15, 0.2) is 0 Å². The highest BCUT2D eigenvalue weighted by atomic mass is 16.5. The number of aromatic nitrogens is 4. The van der Waals surface area contributed by atoms with Gasteiger partial charge in [-0.25, -0.2) is 4.68 Å². The Kier molecular flexibility index (Phi) is 6.97. The van der Waals surface area contributed by atoms with Crippen LogP contribution in [0, 0.1) is 12.8 Å². The van der Waals surface area contributed by atoms with Gasteiger partial charge in [-0.2, -0.15) is 0 Å². The zero-order valence-electron chi connectivity index (χ0n) is 18.9. The van der Waals surface area contributed by atoms with Gasteiger partial charge in [0.1, 0.15) is 12.1 Å². The first-order valence-electron chi connectivity index (χ1n) is 11.4. The lowest BCUT2D eigenvalue weighted by Gasteiger charge is -2.37. The fraction of sp³-hybridized carbons (Fsp3) is 0.480. The average Bonchev–Trinajstić information content (AvgIpc) is 3.28. The fourth-order valence-electron chi connectivity index (χ4n) is 4.60. The molecule has 1 fully saturated rings. The summed E-state index contributed by atoms with van der Waals surface area (Å²) >= 11 is 0. The summed E-state index contributed by atoms with van der Waals surface area (Å²) in [5, 5.41) is 11.5. The number of rotatable bonds is 8. The van der Waals surface area contributed by atoms with Crippen molar-refractivity contribution in [3.05, 3.63) is 65.5 Å². The van der Waals surface area contributed by atoms with Crippen LogP contribution in [0.1, 0.15) is 55.8 Å². The smallest absolute Gasteiger partial charge is 0.143 e. The van der Waals surface area contributed by atoms with Crippen LogP contribution in [0.25, 0.3) is 5.69 Å². The maximum atomic E-state index is 6.23. The molecular weight excluding hydrogens is 386 g/mol. The monoisotopic (exact) mass is 419 g/mol. The normalized spacial score (nSPS) is 17.2. The predicted molar refractivity (Wildman–Crippen MR) is 123 cm³/mol. The summed E-state index contributed by atoms with van der Waals surface area (Å²) in [7, 11) is 0. The van der Waals surface area contributed by atoms with Gasteiger partial charge in [-0.1, -0.05) is 44.5 Å². The molecule has 0 saturated carbocycles. The number of aryl methyl sites for hydroxylation is 1. The van der Waals surface area contributed by atoms with E-state index in [9.17, 15) is 0 Å². The molecule has 1 atom stereocenters. The number of hydrogen-bond donors (Lipinski definition) is 0. The molecule has 6 nitrogen and oxygen atoms in total. The van der Waals surface area contributed by atoms with E-state index in [0.717, 1.165) is 30.0 Å². The number of benzene rings is 2. The number of ether oxygens (including phenoxy) is 1. The summed E-state index contributed by atoms with van der Waals surface area (Å²) in [5.41, 5.74) is 4.81. The lowest BCUT2D eigenvalue weighted by Crippen LogP contribution is -2.36. The Morgan fingerprint density at radius 3 is 2.81 bits per heavy atom. The topological polar surface area (TPSA) is 56.1 Å². The van der Waals surface area contributed by atoms with Crippen LogP contribution in [0.15, 0.2) is 48.8 Å². The highest BCUT2D eigenvalue weighted by molar-refractivity contribution is 5.40. The molecule has 4 rings (SSSR count). The highest BCUT2D eigenvalue weighted by Gasteiger charge is 2.25. The summed E-state index contributed by atoms with van der Waals surface area (Å²) in [4.78, 5) is 2.66. The summed E-state index contributed by atoms with van der Waals surface area (Å²) < 4.78 is 7.93. The second-order valence-electron chi connectivity index (χ2n) is 8.96.